The van der Waals surface area contributed by atoms with Gasteiger partial charge in [-0.1, -0.05) is 0 Å². The lowest BCUT2D eigenvalue weighted by molar-refractivity contribution is -0.136. The molecule has 0 unspecified atom stereocenters. The summed E-state index contributed by atoms with van der Waals surface area (Å²) in [5.74, 6) is 1.08. The molecule has 0 spiro atoms. The van der Waals surface area contributed by atoms with Crippen LogP contribution < -0.4 is 14.4 Å². The molecule has 0 bridgehead atoms. The van der Waals surface area contributed by atoms with E-state index in [0.717, 1.165) is 0 Å². The van der Waals surface area contributed by atoms with Crippen molar-refractivity contribution in [2.75, 3.05) is 31.8 Å². The fraction of sp³-hybridized carbons (Fsp3) is 0.333. The predicted molar refractivity (Wildman–Crippen MR) is 62.6 cm³/mol. The molecule has 0 aliphatic carbocycles. The van der Waals surface area contributed by atoms with Crippen molar-refractivity contribution in [1.82, 2.24) is 4.90 Å². The smallest absolute Gasteiger partial charge is 0.247 e. The average Bonchev–Trinajstić information content (AvgIpc) is 2.80. The topological polar surface area (TPSA) is 59.1 Å². The maximum absolute atomic E-state index is 11.9. The number of piperazine rings is 1. The number of carbonyl (C=O) groups excluding carboxylic acids is 2. The molecule has 1 saturated heterocycles. The van der Waals surface area contributed by atoms with Gasteiger partial charge in [-0.15, -0.1) is 0 Å². The molecule has 2 amide bonds. The quantitative estimate of drug-likeness (QED) is 0.713. The van der Waals surface area contributed by atoms with Crippen LogP contribution in [0.5, 0.6) is 11.5 Å². The summed E-state index contributed by atoms with van der Waals surface area (Å²) < 4.78 is 10.5. The Balaban J connectivity index is 1.90. The van der Waals surface area contributed by atoms with Crippen LogP contribution in [0.1, 0.15) is 0 Å². The molecule has 2 aliphatic rings. The lowest BCUT2D eigenvalue weighted by Gasteiger charge is -2.31. The summed E-state index contributed by atoms with van der Waals surface area (Å²) in [4.78, 5) is 26.4. The van der Waals surface area contributed by atoms with Gasteiger partial charge in [-0.2, -0.15) is 0 Å². The van der Waals surface area contributed by atoms with Crippen LogP contribution in [0, 0.1) is 0 Å². The lowest BCUT2D eigenvalue weighted by atomic mass is 10.2. The van der Waals surface area contributed by atoms with Gasteiger partial charge in [0.05, 0.1) is 6.54 Å². The van der Waals surface area contributed by atoms with Gasteiger partial charge < -0.3 is 19.3 Å². The van der Waals surface area contributed by atoms with Crippen LogP contribution in [0.3, 0.4) is 0 Å². The molecule has 6 nitrogen and oxygen atoms in total. The molecule has 6 heteroatoms. The van der Waals surface area contributed by atoms with Gasteiger partial charge in [-0.05, 0) is 12.1 Å². The zero-order valence-electron chi connectivity index (χ0n) is 9.88. The second kappa shape index (κ2) is 3.90. The molecule has 1 aromatic carbocycles. The zero-order chi connectivity index (χ0) is 12.7. The average molecular weight is 248 g/mol. The van der Waals surface area contributed by atoms with E-state index in [2.05, 4.69) is 0 Å². The predicted octanol–water partition coefficient (Wildman–Crippen LogP) is 0.220. The largest absolute Gasteiger partial charge is 0.454 e. The second-order valence-corrected chi connectivity index (χ2v) is 4.27. The van der Waals surface area contributed by atoms with E-state index in [4.69, 9.17) is 9.47 Å². The van der Waals surface area contributed by atoms with Crippen molar-refractivity contribution >= 4 is 17.5 Å². The maximum atomic E-state index is 11.9. The van der Waals surface area contributed by atoms with Crippen molar-refractivity contribution in [3.05, 3.63) is 18.2 Å². The fourth-order valence-electron chi connectivity index (χ4n) is 2.01. The summed E-state index contributed by atoms with van der Waals surface area (Å²) in [6, 6.07) is 5.22. The van der Waals surface area contributed by atoms with E-state index in [1.54, 1.807) is 25.2 Å². The molecule has 18 heavy (non-hydrogen) atoms. The molecule has 94 valence electrons. The third-order valence-corrected chi connectivity index (χ3v) is 3.06. The van der Waals surface area contributed by atoms with Crippen molar-refractivity contribution < 1.29 is 19.1 Å². The van der Waals surface area contributed by atoms with Crippen LogP contribution in [0.4, 0.5) is 5.69 Å². The Kier molecular flexibility index (Phi) is 2.36. The number of benzene rings is 1. The number of hydrogen-bond acceptors (Lipinski definition) is 4. The van der Waals surface area contributed by atoms with E-state index >= 15 is 0 Å². The molecular weight excluding hydrogens is 236 g/mol. The Labute approximate surface area is 104 Å². The first-order valence-electron chi connectivity index (χ1n) is 5.59. The molecule has 0 radical (unpaired) electrons. The van der Waals surface area contributed by atoms with Crippen molar-refractivity contribution in [3.63, 3.8) is 0 Å². The minimum atomic E-state index is -0.101. The molecule has 2 heterocycles. The van der Waals surface area contributed by atoms with Gasteiger partial charge in [0, 0.05) is 18.8 Å². The first kappa shape index (κ1) is 10.9. The van der Waals surface area contributed by atoms with Gasteiger partial charge in [0.25, 0.3) is 0 Å². The van der Waals surface area contributed by atoms with Crippen molar-refractivity contribution in [2.45, 2.75) is 0 Å². The molecule has 3 rings (SSSR count). The maximum Gasteiger partial charge on any atom is 0.247 e. The molecule has 0 aromatic heterocycles. The van der Waals surface area contributed by atoms with Gasteiger partial charge in [0.15, 0.2) is 11.5 Å². The van der Waals surface area contributed by atoms with Crippen LogP contribution in [-0.2, 0) is 9.59 Å². The Morgan fingerprint density at radius 2 is 1.83 bits per heavy atom. The Morgan fingerprint density at radius 1 is 1.06 bits per heavy atom. The van der Waals surface area contributed by atoms with E-state index in [1.807, 2.05) is 0 Å². The molecule has 0 atom stereocenters. The molecule has 0 N–H and O–H groups in total. The molecule has 1 aromatic rings. The molecule has 1 fully saturated rings. The Hall–Kier alpha value is -2.24. The number of nitrogens with zero attached hydrogens (tertiary/aromatic N) is 2. The van der Waals surface area contributed by atoms with Crippen LogP contribution in [0.2, 0.25) is 0 Å². The Morgan fingerprint density at radius 3 is 2.67 bits per heavy atom. The highest BCUT2D eigenvalue weighted by Gasteiger charge is 2.29. The number of amides is 2. The highest BCUT2D eigenvalue weighted by atomic mass is 16.7. The third kappa shape index (κ3) is 1.66. The van der Waals surface area contributed by atoms with Gasteiger partial charge in [0.1, 0.15) is 6.54 Å². The van der Waals surface area contributed by atoms with E-state index in [1.165, 1.54) is 9.80 Å². The molecular formula is C12H12N2O4. The van der Waals surface area contributed by atoms with Crippen molar-refractivity contribution in [2.24, 2.45) is 0 Å². The highest BCUT2D eigenvalue weighted by Crippen LogP contribution is 2.35. The number of fused-ring (bicyclic) bond motifs is 1. The van der Waals surface area contributed by atoms with Crippen LogP contribution in [0.15, 0.2) is 18.2 Å². The first-order chi connectivity index (χ1) is 8.65. The van der Waals surface area contributed by atoms with Crippen LogP contribution in [0.25, 0.3) is 0 Å². The molecule has 2 aliphatic heterocycles. The van der Waals surface area contributed by atoms with E-state index in [-0.39, 0.29) is 31.7 Å². The first-order valence-corrected chi connectivity index (χ1v) is 5.59. The van der Waals surface area contributed by atoms with Gasteiger partial charge in [0.2, 0.25) is 18.6 Å². The summed E-state index contributed by atoms with van der Waals surface area (Å²) in [5.41, 5.74) is 0.658. The monoisotopic (exact) mass is 248 g/mol. The number of hydrogen-bond donors (Lipinski definition) is 0. The van der Waals surface area contributed by atoms with E-state index < -0.39 is 0 Å². The highest BCUT2D eigenvalue weighted by molar-refractivity contribution is 6.04. The SMILES string of the molecule is CN1CC(=O)N(c2ccc3c(c2)OCO3)CC1=O. The van der Waals surface area contributed by atoms with E-state index in [9.17, 15) is 9.59 Å². The number of likely N-dealkylation sites (N-methyl/N-ethyl adjacent to an activating group) is 1. The van der Waals surface area contributed by atoms with Crippen molar-refractivity contribution in [1.29, 1.82) is 0 Å². The minimum absolute atomic E-state index is 0.0645. The normalized spacial score (nSPS) is 18.5. The van der Waals surface area contributed by atoms with Crippen LogP contribution >= 0.6 is 0 Å². The van der Waals surface area contributed by atoms with Gasteiger partial charge >= 0.3 is 0 Å². The number of ether oxygens (including phenoxy) is 2. The number of rotatable bonds is 1. The number of carbonyl (C=O) groups is 2. The van der Waals surface area contributed by atoms with Gasteiger partial charge in [-0.25, -0.2) is 0 Å². The Bertz CT molecular complexity index is 529. The fourth-order valence-corrected chi connectivity index (χ4v) is 2.01. The summed E-state index contributed by atoms with van der Waals surface area (Å²) in [6.45, 7) is 0.358. The number of anilines is 1. The van der Waals surface area contributed by atoms with Crippen LogP contribution in [-0.4, -0.2) is 43.6 Å². The zero-order valence-corrected chi connectivity index (χ0v) is 9.88. The third-order valence-electron chi connectivity index (χ3n) is 3.06. The standard InChI is InChI=1S/C12H12N2O4/c1-13-5-12(16)14(6-11(13)15)8-2-3-9-10(4-8)18-7-17-9/h2-4H,5-7H2,1H3. The van der Waals surface area contributed by atoms with E-state index in [0.29, 0.717) is 17.2 Å². The summed E-state index contributed by atoms with van der Waals surface area (Å²) in [5, 5.41) is 0. The lowest BCUT2D eigenvalue weighted by Crippen LogP contribution is -2.52. The molecule has 0 saturated carbocycles. The minimum Gasteiger partial charge on any atom is -0.454 e. The summed E-state index contributed by atoms with van der Waals surface area (Å²) in [6.07, 6.45) is 0. The summed E-state index contributed by atoms with van der Waals surface area (Å²) in [7, 11) is 1.62. The van der Waals surface area contributed by atoms with Gasteiger partial charge in [-0.3, -0.25) is 9.59 Å². The second-order valence-electron chi connectivity index (χ2n) is 4.27. The summed E-state index contributed by atoms with van der Waals surface area (Å²) >= 11 is 0. The van der Waals surface area contributed by atoms with Crippen molar-refractivity contribution in [3.8, 4) is 11.5 Å².